The monoisotopic (exact) mass is 283 g/mol. The van der Waals surface area contributed by atoms with Crippen LogP contribution < -0.4 is 15.2 Å². The molecule has 8 nitrogen and oxygen atoms in total. The lowest BCUT2D eigenvalue weighted by molar-refractivity contribution is 0.439. The second-order valence-electron chi connectivity index (χ2n) is 3.71. The number of nitrogens with zero attached hydrogens (tertiary/aromatic N) is 3. The molecule has 1 aromatic heterocycles. The van der Waals surface area contributed by atoms with Gasteiger partial charge in [0.2, 0.25) is 10.0 Å². The number of nitrogens with one attached hydrogen (secondary N) is 1. The molecular weight excluding hydrogens is 270 g/mol. The highest BCUT2D eigenvalue weighted by Gasteiger charge is 2.16. The maximum atomic E-state index is 11.6. The molecule has 102 valence electrons. The smallest absolute Gasteiger partial charge is 0.340 e. The molecule has 0 unspecified atom stereocenters. The summed E-state index contributed by atoms with van der Waals surface area (Å²) in [5.41, 5.74) is 5.78. The lowest BCUT2D eigenvalue weighted by Crippen LogP contribution is -2.19. The molecule has 0 saturated carbocycles. The van der Waals surface area contributed by atoms with E-state index in [1.54, 1.807) is 7.05 Å². The van der Waals surface area contributed by atoms with E-state index in [2.05, 4.69) is 14.8 Å². The predicted octanol–water partition coefficient (Wildman–Crippen LogP) is 0.0977. The molecule has 0 atom stereocenters. The van der Waals surface area contributed by atoms with Gasteiger partial charge in [-0.25, -0.2) is 13.1 Å². The SMILES string of the molecule is CNS(=O)(=O)c1ccc(Oc2ncn(C)n2)cc1N. The van der Waals surface area contributed by atoms with E-state index in [1.807, 2.05) is 0 Å². The number of anilines is 1. The lowest BCUT2D eigenvalue weighted by atomic mass is 10.3. The summed E-state index contributed by atoms with van der Waals surface area (Å²) in [6.07, 6.45) is 1.48. The molecule has 2 rings (SSSR count). The zero-order chi connectivity index (χ0) is 14.0. The van der Waals surface area contributed by atoms with Crippen LogP contribution in [-0.2, 0) is 17.1 Å². The van der Waals surface area contributed by atoms with E-state index in [4.69, 9.17) is 10.5 Å². The largest absolute Gasteiger partial charge is 0.423 e. The number of benzene rings is 1. The van der Waals surface area contributed by atoms with Crippen LogP contribution >= 0.6 is 0 Å². The molecule has 0 bridgehead atoms. The van der Waals surface area contributed by atoms with Crippen molar-refractivity contribution in [2.45, 2.75) is 4.90 Å². The Labute approximate surface area is 110 Å². The quantitative estimate of drug-likeness (QED) is 0.769. The number of rotatable bonds is 4. The maximum Gasteiger partial charge on any atom is 0.340 e. The molecular formula is C10H13N5O3S. The average Bonchev–Trinajstić information content (AvgIpc) is 2.74. The van der Waals surface area contributed by atoms with Gasteiger partial charge in [-0.2, -0.15) is 4.98 Å². The third-order valence-electron chi connectivity index (χ3n) is 2.33. The number of hydrogen-bond acceptors (Lipinski definition) is 6. The van der Waals surface area contributed by atoms with Gasteiger partial charge in [0, 0.05) is 13.1 Å². The zero-order valence-corrected chi connectivity index (χ0v) is 11.2. The Morgan fingerprint density at radius 3 is 2.68 bits per heavy atom. The van der Waals surface area contributed by atoms with Gasteiger partial charge in [-0.15, -0.1) is 5.10 Å². The molecule has 0 spiro atoms. The lowest BCUT2D eigenvalue weighted by Gasteiger charge is -2.08. The number of hydrogen-bond donors (Lipinski definition) is 2. The fourth-order valence-electron chi connectivity index (χ4n) is 1.42. The van der Waals surface area contributed by atoms with Crippen molar-refractivity contribution in [1.82, 2.24) is 19.5 Å². The van der Waals surface area contributed by atoms with Crippen LogP contribution in [0.1, 0.15) is 0 Å². The normalized spacial score (nSPS) is 11.5. The van der Waals surface area contributed by atoms with Gasteiger partial charge in [0.25, 0.3) is 0 Å². The second-order valence-corrected chi connectivity index (χ2v) is 5.57. The number of nitrogen functional groups attached to an aromatic ring is 1. The Kier molecular flexibility index (Phi) is 3.40. The number of nitrogens with two attached hydrogens (primary N) is 1. The number of aryl methyl sites for hydroxylation is 1. The first kappa shape index (κ1) is 13.3. The zero-order valence-electron chi connectivity index (χ0n) is 10.4. The standard InChI is InChI=1S/C10H13N5O3S/c1-12-19(16,17)9-4-3-7(5-8(9)11)18-10-13-6-15(2)14-10/h3-6,12H,11H2,1-2H3. The first-order valence-corrected chi connectivity index (χ1v) is 6.77. The predicted molar refractivity (Wildman–Crippen MR) is 68.2 cm³/mol. The Bertz CT molecular complexity index is 695. The van der Waals surface area contributed by atoms with Crippen LogP contribution in [0, 0.1) is 0 Å². The van der Waals surface area contributed by atoms with Gasteiger partial charge in [-0.3, -0.25) is 4.68 Å². The van der Waals surface area contributed by atoms with E-state index in [0.29, 0.717) is 5.75 Å². The van der Waals surface area contributed by atoms with Gasteiger partial charge >= 0.3 is 6.01 Å². The summed E-state index contributed by atoms with van der Waals surface area (Å²) >= 11 is 0. The Balaban J connectivity index is 2.29. The van der Waals surface area contributed by atoms with Crippen LogP contribution in [0.5, 0.6) is 11.8 Å². The van der Waals surface area contributed by atoms with Gasteiger partial charge in [0.05, 0.1) is 5.69 Å². The summed E-state index contributed by atoms with van der Waals surface area (Å²) < 4.78 is 32.3. The average molecular weight is 283 g/mol. The van der Waals surface area contributed by atoms with E-state index < -0.39 is 10.0 Å². The van der Waals surface area contributed by atoms with E-state index in [1.165, 1.54) is 36.3 Å². The summed E-state index contributed by atoms with van der Waals surface area (Å²) in [5, 5.41) is 3.93. The molecule has 2 aromatic rings. The molecule has 0 aliphatic rings. The van der Waals surface area contributed by atoms with Crippen molar-refractivity contribution in [3.63, 3.8) is 0 Å². The van der Waals surface area contributed by atoms with Crippen molar-refractivity contribution in [1.29, 1.82) is 0 Å². The fourth-order valence-corrected chi connectivity index (χ4v) is 2.25. The molecule has 0 aliphatic heterocycles. The maximum absolute atomic E-state index is 11.6. The first-order valence-electron chi connectivity index (χ1n) is 5.29. The van der Waals surface area contributed by atoms with Crippen molar-refractivity contribution < 1.29 is 13.2 Å². The van der Waals surface area contributed by atoms with Crippen LogP contribution in [0.25, 0.3) is 0 Å². The molecule has 3 N–H and O–H groups in total. The van der Waals surface area contributed by atoms with Gasteiger partial charge in [-0.05, 0) is 19.2 Å². The van der Waals surface area contributed by atoms with Crippen LogP contribution in [0.15, 0.2) is 29.4 Å². The summed E-state index contributed by atoms with van der Waals surface area (Å²) in [5.74, 6) is 0.360. The molecule has 0 aliphatic carbocycles. The van der Waals surface area contributed by atoms with Crippen LogP contribution in [0.4, 0.5) is 5.69 Å². The highest BCUT2D eigenvalue weighted by Crippen LogP contribution is 2.25. The number of ether oxygens (including phenoxy) is 1. The van der Waals surface area contributed by atoms with Gasteiger partial charge in [0.1, 0.15) is 17.0 Å². The van der Waals surface area contributed by atoms with Crippen molar-refractivity contribution in [2.24, 2.45) is 7.05 Å². The number of sulfonamides is 1. The molecule has 1 aromatic carbocycles. The topological polar surface area (TPSA) is 112 Å². The minimum absolute atomic E-state index is 0.00340. The van der Waals surface area contributed by atoms with Crippen molar-refractivity contribution in [2.75, 3.05) is 12.8 Å². The summed E-state index contributed by atoms with van der Waals surface area (Å²) in [7, 11) is -0.559. The van der Waals surface area contributed by atoms with Crippen LogP contribution in [0.2, 0.25) is 0 Å². The molecule has 19 heavy (non-hydrogen) atoms. The third kappa shape index (κ3) is 2.83. The number of aromatic nitrogens is 3. The molecule has 9 heteroatoms. The summed E-state index contributed by atoms with van der Waals surface area (Å²) in [6.45, 7) is 0. The second kappa shape index (κ2) is 4.86. The highest BCUT2D eigenvalue weighted by molar-refractivity contribution is 7.89. The van der Waals surface area contributed by atoms with Crippen LogP contribution in [0.3, 0.4) is 0 Å². The molecule has 0 radical (unpaired) electrons. The summed E-state index contributed by atoms with van der Waals surface area (Å²) in [6, 6.07) is 4.41. The Morgan fingerprint density at radius 2 is 2.16 bits per heavy atom. The Morgan fingerprint density at radius 1 is 1.42 bits per heavy atom. The minimum Gasteiger partial charge on any atom is -0.423 e. The van der Waals surface area contributed by atoms with E-state index in [9.17, 15) is 8.42 Å². The van der Waals surface area contributed by atoms with Crippen molar-refractivity contribution in [3.05, 3.63) is 24.5 Å². The third-order valence-corrected chi connectivity index (χ3v) is 3.82. The molecule has 0 saturated heterocycles. The molecule has 1 heterocycles. The molecule has 0 fully saturated rings. The molecule has 0 amide bonds. The van der Waals surface area contributed by atoms with Crippen molar-refractivity contribution in [3.8, 4) is 11.8 Å². The van der Waals surface area contributed by atoms with Crippen molar-refractivity contribution >= 4 is 15.7 Å². The summed E-state index contributed by atoms with van der Waals surface area (Å²) in [4.78, 5) is 3.88. The first-order chi connectivity index (χ1) is 8.92. The van der Waals surface area contributed by atoms with Gasteiger partial charge in [-0.1, -0.05) is 0 Å². The minimum atomic E-state index is -3.58. The van der Waals surface area contributed by atoms with Gasteiger partial charge in [0.15, 0.2) is 0 Å². The fraction of sp³-hybridized carbons (Fsp3) is 0.200. The van der Waals surface area contributed by atoms with Crippen LogP contribution in [-0.4, -0.2) is 30.2 Å². The van der Waals surface area contributed by atoms with Gasteiger partial charge < -0.3 is 10.5 Å². The van der Waals surface area contributed by atoms with E-state index >= 15 is 0 Å². The highest BCUT2D eigenvalue weighted by atomic mass is 32.2. The van der Waals surface area contributed by atoms with E-state index in [0.717, 1.165) is 0 Å². The van der Waals surface area contributed by atoms with E-state index in [-0.39, 0.29) is 16.6 Å². The Hall–Kier alpha value is -2.13.